The van der Waals surface area contributed by atoms with Crippen LogP contribution in [0.15, 0.2) is 36.5 Å². The van der Waals surface area contributed by atoms with E-state index in [2.05, 4.69) is 4.98 Å². The van der Waals surface area contributed by atoms with E-state index in [0.717, 1.165) is 0 Å². The van der Waals surface area contributed by atoms with Crippen LogP contribution in [0.3, 0.4) is 0 Å². The van der Waals surface area contributed by atoms with Crippen LogP contribution in [0, 0.1) is 0 Å². The zero-order valence-electron chi connectivity index (χ0n) is 8.52. The van der Waals surface area contributed by atoms with Crippen LogP contribution in [0.4, 0.5) is 0 Å². The summed E-state index contributed by atoms with van der Waals surface area (Å²) in [5, 5.41) is 9.94. The number of hydrogen-bond donors (Lipinski definition) is 1. The van der Waals surface area contributed by atoms with Gasteiger partial charge in [0.05, 0.1) is 0 Å². The molecule has 0 bridgehead atoms. The molecule has 0 unspecified atom stereocenters. The number of aromatic nitrogens is 1. The number of pyridine rings is 1. The molecule has 86 valence electrons. The number of carbonyl (C=O) groups is 1. The molecule has 0 amide bonds. The van der Waals surface area contributed by atoms with Crippen molar-refractivity contribution in [3.05, 3.63) is 52.3 Å². The van der Waals surface area contributed by atoms with E-state index in [1.165, 1.54) is 6.20 Å². The van der Waals surface area contributed by atoms with Gasteiger partial charge in [-0.25, -0.2) is 9.78 Å². The fraction of sp³-hybridized carbons (Fsp3) is 0. The Morgan fingerprint density at radius 3 is 2.41 bits per heavy atom. The Kier molecular flexibility index (Phi) is 3.31. The van der Waals surface area contributed by atoms with Crippen molar-refractivity contribution in [2.45, 2.75) is 0 Å². The van der Waals surface area contributed by atoms with Crippen molar-refractivity contribution in [3.63, 3.8) is 0 Å². The lowest BCUT2D eigenvalue weighted by Gasteiger charge is -2.06. The quantitative estimate of drug-likeness (QED) is 0.902. The summed E-state index contributed by atoms with van der Waals surface area (Å²) in [6.07, 6.45) is 1.43. The number of benzene rings is 1. The van der Waals surface area contributed by atoms with Gasteiger partial charge in [0.1, 0.15) is 0 Å². The maximum Gasteiger partial charge on any atom is 0.355 e. The van der Waals surface area contributed by atoms with Gasteiger partial charge in [-0.3, -0.25) is 0 Å². The minimum Gasteiger partial charge on any atom is -0.476 e. The van der Waals surface area contributed by atoms with Crippen LogP contribution < -0.4 is 0 Å². The predicted octanol–water partition coefficient (Wildman–Crippen LogP) is 3.75. The molecule has 0 atom stereocenters. The summed E-state index contributed by atoms with van der Waals surface area (Å²) in [4.78, 5) is 14.9. The average Bonchev–Trinajstić information content (AvgIpc) is 2.27. The van der Waals surface area contributed by atoms with E-state index in [1.54, 1.807) is 30.3 Å². The standard InChI is InChI=1S/C12H7Cl2NO2/c13-8-4-7(5-9(14)6-8)10-2-1-3-15-11(10)12(16)17/h1-6H,(H,16,17). The number of aromatic carboxylic acids is 1. The molecule has 0 aliphatic rings. The molecule has 0 aliphatic carbocycles. The van der Waals surface area contributed by atoms with Gasteiger partial charge in [0.2, 0.25) is 0 Å². The number of halogens is 2. The molecule has 0 saturated heterocycles. The van der Waals surface area contributed by atoms with Crippen LogP contribution in [0.5, 0.6) is 0 Å². The van der Waals surface area contributed by atoms with Gasteiger partial charge in [0.25, 0.3) is 0 Å². The minimum atomic E-state index is -1.09. The highest BCUT2D eigenvalue weighted by molar-refractivity contribution is 6.35. The van der Waals surface area contributed by atoms with Crippen molar-refractivity contribution in [2.75, 3.05) is 0 Å². The summed E-state index contributed by atoms with van der Waals surface area (Å²) in [5.41, 5.74) is 1.10. The number of rotatable bonds is 2. The third kappa shape index (κ3) is 2.57. The van der Waals surface area contributed by atoms with Gasteiger partial charge >= 0.3 is 5.97 Å². The first-order chi connectivity index (χ1) is 8.08. The maximum absolute atomic E-state index is 11.0. The molecule has 2 rings (SSSR count). The lowest BCUT2D eigenvalue weighted by Crippen LogP contribution is -2.02. The topological polar surface area (TPSA) is 50.2 Å². The van der Waals surface area contributed by atoms with Crippen LogP contribution in [0.25, 0.3) is 11.1 Å². The Balaban J connectivity index is 2.64. The summed E-state index contributed by atoms with van der Waals surface area (Å²) in [6.45, 7) is 0. The Morgan fingerprint density at radius 1 is 1.18 bits per heavy atom. The van der Waals surface area contributed by atoms with Crippen molar-refractivity contribution in [3.8, 4) is 11.1 Å². The van der Waals surface area contributed by atoms with Crippen LogP contribution >= 0.6 is 23.2 Å². The van der Waals surface area contributed by atoms with Crippen molar-refractivity contribution >= 4 is 29.2 Å². The molecule has 0 spiro atoms. The SMILES string of the molecule is O=C(O)c1ncccc1-c1cc(Cl)cc(Cl)c1. The first-order valence-electron chi connectivity index (χ1n) is 4.72. The first kappa shape index (κ1) is 11.9. The highest BCUT2D eigenvalue weighted by atomic mass is 35.5. The van der Waals surface area contributed by atoms with Gasteiger partial charge in [0, 0.05) is 21.8 Å². The Labute approximate surface area is 108 Å². The van der Waals surface area contributed by atoms with Gasteiger partial charge in [-0.1, -0.05) is 29.3 Å². The van der Waals surface area contributed by atoms with E-state index in [9.17, 15) is 4.79 Å². The van der Waals surface area contributed by atoms with Crippen molar-refractivity contribution in [2.24, 2.45) is 0 Å². The first-order valence-corrected chi connectivity index (χ1v) is 5.48. The summed E-state index contributed by atoms with van der Waals surface area (Å²) in [6, 6.07) is 8.21. The average molecular weight is 268 g/mol. The molecule has 1 N–H and O–H groups in total. The molecular weight excluding hydrogens is 261 g/mol. The molecule has 3 nitrogen and oxygen atoms in total. The molecular formula is C12H7Cl2NO2. The lowest BCUT2D eigenvalue weighted by atomic mass is 10.0. The molecule has 0 fully saturated rings. The second-order valence-electron chi connectivity index (χ2n) is 3.36. The summed E-state index contributed by atoms with van der Waals surface area (Å²) >= 11 is 11.8. The molecule has 1 aromatic carbocycles. The number of carboxylic acid groups (broad SMARTS) is 1. The molecule has 2 aromatic rings. The number of hydrogen-bond acceptors (Lipinski definition) is 2. The van der Waals surface area contributed by atoms with Crippen LogP contribution in [-0.4, -0.2) is 16.1 Å². The normalized spacial score (nSPS) is 10.2. The largest absolute Gasteiger partial charge is 0.476 e. The number of carboxylic acids is 1. The highest BCUT2D eigenvalue weighted by Crippen LogP contribution is 2.28. The van der Waals surface area contributed by atoms with E-state index >= 15 is 0 Å². The van der Waals surface area contributed by atoms with E-state index < -0.39 is 5.97 Å². The second kappa shape index (κ2) is 4.73. The zero-order valence-corrected chi connectivity index (χ0v) is 10.0. The Morgan fingerprint density at radius 2 is 1.82 bits per heavy atom. The van der Waals surface area contributed by atoms with Crippen molar-refractivity contribution in [1.82, 2.24) is 4.98 Å². The van der Waals surface area contributed by atoms with E-state index in [-0.39, 0.29) is 5.69 Å². The van der Waals surface area contributed by atoms with Crippen molar-refractivity contribution in [1.29, 1.82) is 0 Å². The third-order valence-corrected chi connectivity index (χ3v) is 2.62. The fourth-order valence-electron chi connectivity index (χ4n) is 1.52. The van der Waals surface area contributed by atoms with Gasteiger partial charge in [-0.15, -0.1) is 0 Å². The van der Waals surface area contributed by atoms with Crippen LogP contribution in [-0.2, 0) is 0 Å². The Bertz CT molecular complexity index is 564. The molecule has 0 aliphatic heterocycles. The molecule has 0 saturated carbocycles. The van der Waals surface area contributed by atoms with Crippen molar-refractivity contribution < 1.29 is 9.90 Å². The smallest absolute Gasteiger partial charge is 0.355 e. The second-order valence-corrected chi connectivity index (χ2v) is 4.24. The van der Waals surface area contributed by atoms with Gasteiger partial charge in [-0.2, -0.15) is 0 Å². The van der Waals surface area contributed by atoms with Crippen LogP contribution in [0.1, 0.15) is 10.5 Å². The van der Waals surface area contributed by atoms with E-state index in [0.29, 0.717) is 21.2 Å². The van der Waals surface area contributed by atoms with Crippen LogP contribution in [0.2, 0.25) is 10.0 Å². The van der Waals surface area contributed by atoms with E-state index in [1.807, 2.05) is 0 Å². The fourth-order valence-corrected chi connectivity index (χ4v) is 2.04. The predicted molar refractivity (Wildman–Crippen MR) is 66.7 cm³/mol. The molecule has 1 heterocycles. The monoisotopic (exact) mass is 267 g/mol. The summed E-state index contributed by atoms with van der Waals surface area (Å²) < 4.78 is 0. The third-order valence-electron chi connectivity index (χ3n) is 2.18. The molecule has 1 aromatic heterocycles. The number of nitrogens with zero attached hydrogens (tertiary/aromatic N) is 1. The lowest BCUT2D eigenvalue weighted by molar-refractivity contribution is 0.0691. The molecule has 17 heavy (non-hydrogen) atoms. The highest BCUT2D eigenvalue weighted by Gasteiger charge is 2.13. The Hall–Kier alpha value is -1.58. The summed E-state index contributed by atoms with van der Waals surface area (Å²) in [5.74, 6) is -1.09. The molecule has 5 heteroatoms. The molecule has 0 radical (unpaired) electrons. The minimum absolute atomic E-state index is 0.0224. The zero-order chi connectivity index (χ0) is 12.4. The van der Waals surface area contributed by atoms with Gasteiger partial charge in [-0.05, 0) is 29.8 Å². The van der Waals surface area contributed by atoms with Gasteiger partial charge in [0.15, 0.2) is 5.69 Å². The van der Waals surface area contributed by atoms with Gasteiger partial charge < -0.3 is 5.11 Å². The maximum atomic E-state index is 11.0. The van der Waals surface area contributed by atoms with E-state index in [4.69, 9.17) is 28.3 Å². The summed E-state index contributed by atoms with van der Waals surface area (Å²) in [7, 11) is 0.